The number of nitrogens with zero attached hydrogens (tertiary/aromatic N) is 3. The highest BCUT2D eigenvalue weighted by molar-refractivity contribution is 9.10. The second-order valence-corrected chi connectivity index (χ2v) is 8.51. The standard InChI is InChI=1S/C21H26BrN3O/c1-15-13-19(18-14-16(22)5-6-20(18)23-15)21(26)25-11-7-17(8-12-25)24-9-3-2-4-10-24/h5-6,13-14,17H,2-4,7-12H2,1H3. The number of amides is 1. The van der Waals surface area contributed by atoms with E-state index in [4.69, 9.17) is 0 Å². The molecule has 0 atom stereocenters. The summed E-state index contributed by atoms with van der Waals surface area (Å²) in [6.45, 7) is 6.15. The van der Waals surface area contributed by atoms with Crippen molar-refractivity contribution < 1.29 is 4.79 Å². The molecule has 2 aromatic rings. The Morgan fingerprint density at radius 1 is 1.08 bits per heavy atom. The molecular formula is C21H26BrN3O. The van der Waals surface area contributed by atoms with Gasteiger partial charge in [0.25, 0.3) is 5.91 Å². The first-order valence-corrected chi connectivity index (χ1v) is 10.5. The molecule has 4 rings (SSSR count). The third kappa shape index (κ3) is 3.65. The first kappa shape index (κ1) is 17.9. The number of benzene rings is 1. The third-order valence-corrected chi connectivity index (χ3v) is 6.28. The van der Waals surface area contributed by atoms with Gasteiger partial charge in [-0.2, -0.15) is 0 Å². The molecule has 0 N–H and O–H groups in total. The van der Waals surface area contributed by atoms with Crippen molar-refractivity contribution in [1.29, 1.82) is 0 Å². The molecular weight excluding hydrogens is 390 g/mol. The van der Waals surface area contributed by atoms with Crippen LogP contribution in [0, 0.1) is 6.92 Å². The summed E-state index contributed by atoms with van der Waals surface area (Å²) in [5.74, 6) is 0.149. The SMILES string of the molecule is Cc1cc(C(=O)N2CCC(N3CCCCC3)CC2)c2cc(Br)ccc2n1. The van der Waals surface area contributed by atoms with Crippen LogP contribution in [-0.4, -0.2) is 52.9 Å². The van der Waals surface area contributed by atoms with Crippen molar-refractivity contribution in [1.82, 2.24) is 14.8 Å². The predicted octanol–water partition coefficient (Wildman–Crippen LogP) is 4.40. The Balaban J connectivity index is 1.52. The van der Waals surface area contributed by atoms with Crippen LogP contribution in [-0.2, 0) is 0 Å². The summed E-state index contributed by atoms with van der Waals surface area (Å²) in [7, 11) is 0. The van der Waals surface area contributed by atoms with Gasteiger partial charge in [-0.3, -0.25) is 9.78 Å². The maximum atomic E-state index is 13.2. The molecule has 0 saturated carbocycles. The van der Waals surface area contributed by atoms with Crippen LogP contribution in [0.25, 0.3) is 10.9 Å². The second kappa shape index (κ2) is 7.65. The number of pyridine rings is 1. The van der Waals surface area contributed by atoms with Crippen LogP contribution in [0.1, 0.15) is 48.2 Å². The monoisotopic (exact) mass is 415 g/mol. The minimum Gasteiger partial charge on any atom is -0.339 e. The topological polar surface area (TPSA) is 36.4 Å². The molecule has 4 nitrogen and oxygen atoms in total. The molecule has 2 aliphatic rings. The lowest BCUT2D eigenvalue weighted by Gasteiger charge is -2.40. The number of fused-ring (bicyclic) bond motifs is 1. The molecule has 0 aliphatic carbocycles. The maximum absolute atomic E-state index is 13.2. The van der Waals surface area contributed by atoms with Gasteiger partial charge in [0, 0.05) is 34.7 Å². The fourth-order valence-electron chi connectivity index (χ4n) is 4.40. The molecule has 0 radical (unpaired) electrons. The molecule has 1 amide bonds. The zero-order valence-corrected chi connectivity index (χ0v) is 17.0. The average molecular weight is 416 g/mol. The molecule has 138 valence electrons. The molecule has 2 fully saturated rings. The third-order valence-electron chi connectivity index (χ3n) is 5.79. The number of hydrogen-bond donors (Lipinski definition) is 0. The van der Waals surface area contributed by atoms with Crippen molar-refractivity contribution in [2.24, 2.45) is 0 Å². The van der Waals surface area contributed by atoms with Gasteiger partial charge in [-0.15, -0.1) is 0 Å². The van der Waals surface area contributed by atoms with Gasteiger partial charge >= 0.3 is 0 Å². The Morgan fingerprint density at radius 2 is 1.81 bits per heavy atom. The van der Waals surface area contributed by atoms with Gasteiger partial charge in [-0.05, 0) is 70.0 Å². The minimum atomic E-state index is 0.149. The molecule has 0 spiro atoms. The summed E-state index contributed by atoms with van der Waals surface area (Å²) in [6.07, 6.45) is 6.22. The van der Waals surface area contributed by atoms with Gasteiger partial charge in [0.15, 0.2) is 0 Å². The predicted molar refractivity (Wildman–Crippen MR) is 109 cm³/mol. The summed E-state index contributed by atoms with van der Waals surface area (Å²) < 4.78 is 0.980. The van der Waals surface area contributed by atoms with Crippen LogP contribution < -0.4 is 0 Å². The van der Waals surface area contributed by atoms with Gasteiger partial charge in [-0.1, -0.05) is 22.4 Å². The number of piperidine rings is 2. The van der Waals surface area contributed by atoms with E-state index in [0.717, 1.165) is 52.6 Å². The fourth-order valence-corrected chi connectivity index (χ4v) is 4.76. The molecule has 26 heavy (non-hydrogen) atoms. The molecule has 0 bridgehead atoms. The number of aryl methyl sites for hydroxylation is 1. The van der Waals surface area contributed by atoms with E-state index in [1.165, 1.54) is 32.4 Å². The number of likely N-dealkylation sites (tertiary alicyclic amines) is 2. The van der Waals surface area contributed by atoms with Gasteiger partial charge in [0.2, 0.25) is 0 Å². The molecule has 1 aromatic heterocycles. The molecule has 0 unspecified atom stereocenters. The lowest BCUT2D eigenvalue weighted by atomic mass is 9.98. The van der Waals surface area contributed by atoms with E-state index in [1.54, 1.807) is 0 Å². The van der Waals surface area contributed by atoms with E-state index in [0.29, 0.717) is 6.04 Å². The Bertz CT molecular complexity index is 808. The van der Waals surface area contributed by atoms with Crippen molar-refractivity contribution in [2.75, 3.05) is 26.2 Å². The summed E-state index contributed by atoms with van der Waals surface area (Å²) in [5, 5.41) is 0.938. The van der Waals surface area contributed by atoms with Crippen LogP contribution in [0.5, 0.6) is 0 Å². The zero-order valence-electron chi connectivity index (χ0n) is 15.4. The van der Waals surface area contributed by atoms with Gasteiger partial charge in [-0.25, -0.2) is 0 Å². The normalized spacial score (nSPS) is 19.8. The lowest BCUT2D eigenvalue weighted by molar-refractivity contribution is 0.0591. The summed E-state index contributed by atoms with van der Waals surface area (Å²) in [5.41, 5.74) is 2.57. The Kier molecular flexibility index (Phi) is 5.28. The van der Waals surface area contributed by atoms with E-state index in [1.807, 2.05) is 36.1 Å². The van der Waals surface area contributed by atoms with Crippen molar-refractivity contribution in [3.8, 4) is 0 Å². The fraction of sp³-hybridized carbons (Fsp3) is 0.524. The summed E-state index contributed by atoms with van der Waals surface area (Å²) >= 11 is 3.52. The van der Waals surface area contributed by atoms with Crippen molar-refractivity contribution in [2.45, 2.75) is 45.1 Å². The van der Waals surface area contributed by atoms with E-state index in [9.17, 15) is 4.79 Å². The molecule has 3 heterocycles. The highest BCUT2D eigenvalue weighted by Gasteiger charge is 2.28. The van der Waals surface area contributed by atoms with E-state index in [2.05, 4.69) is 25.8 Å². The average Bonchev–Trinajstić information content (AvgIpc) is 2.68. The highest BCUT2D eigenvalue weighted by atomic mass is 79.9. The molecule has 5 heteroatoms. The number of carbonyl (C=O) groups excluding carboxylic acids is 1. The van der Waals surface area contributed by atoms with Crippen LogP contribution in [0.3, 0.4) is 0 Å². The smallest absolute Gasteiger partial charge is 0.254 e. The number of hydrogen-bond acceptors (Lipinski definition) is 3. The van der Waals surface area contributed by atoms with Crippen LogP contribution in [0.2, 0.25) is 0 Å². The molecule has 2 saturated heterocycles. The van der Waals surface area contributed by atoms with Crippen molar-refractivity contribution >= 4 is 32.7 Å². The summed E-state index contributed by atoms with van der Waals surface area (Å²) in [6, 6.07) is 8.56. The maximum Gasteiger partial charge on any atom is 0.254 e. The highest BCUT2D eigenvalue weighted by Crippen LogP contribution is 2.26. The van der Waals surface area contributed by atoms with Gasteiger partial charge < -0.3 is 9.80 Å². The van der Waals surface area contributed by atoms with Crippen LogP contribution in [0.4, 0.5) is 0 Å². The number of carbonyl (C=O) groups is 1. The van der Waals surface area contributed by atoms with Gasteiger partial charge in [0.05, 0.1) is 11.1 Å². The van der Waals surface area contributed by atoms with Crippen LogP contribution in [0.15, 0.2) is 28.7 Å². The molecule has 2 aliphatic heterocycles. The van der Waals surface area contributed by atoms with Crippen LogP contribution >= 0.6 is 15.9 Å². The van der Waals surface area contributed by atoms with Crippen molar-refractivity contribution in [3.63, 3.8) is 0 Å². The van der Waals surface area contributed by atoms with E-state index in [-0.39, 0.29) is 5.91 Å². The Hall–Kier alpha value is -1.46. The summed E-state index contributed by atoms with van der Waals surface area (Å²) in [4.78, 5) is 22.5. The number of rotatable bonds is 2. The molecule has 1 aromatic carbocycles. The Labute approximate surface area is 163 Å². The zero-order chi connectivity index (χ0) is 18.1. The first-order chi connectivity index (χ1) is 12.6. The largest absolute Gasteiger partial charge is 0.339 e. The van der Waals surface area contributed by atoms with Crippen molar-refractivity contribution in [3.05, 3.63) is 40.0 Å². The quantitative estimate of drug-likeness (QED) is 0.729. The van der Waals surface area contributed by atoms with E-state index < -0.39 is 0 Å². The number of aromatic nitrogens is 1. The minimum absolute atomic E-state index is 0.149. The Morgan fingerprint density at radius 3 is 2.54 bits per heavy atom. The lowest BCUT2D eigenvalue weighted by Crippen LogP contribution is -2.48. The van der Waals surface area contributed by atoms with E-state index >= 15 is 0 Å². The second-order valence-electron chi connectivity index (χ2n) is 7.59. The van der Waals surface area contributed by atoms with Gasteiger partial charge in [0.1, 0.15) is 0 Å². The first-order valence-electron chi connectivity index (χ1n) is 9.72. The number of halogens is 1.